The highest BCUT2D eigenvalue weighted by molar-refractivity contribution is 6.09. The zero-order valence-corrected chi connectivity index (χ0v) is 20.5. The van der Waals surface area contributed by atoms with E-state index in [1.807, 2.05) is 56.3 Å². The molecule has 0 spiro atoms. The zero-order chi connectivity index (χ0) is 25.2. The minimum absolute atomic E-state index is 0.0321. The number of amides is 1. The van der Waals surface area contributed by atoms with Gasteiger partial charge in [-0.1, -0.05) is 24.3 Å². The van der Waals surface area contributed by atoms with Crippen LogP contribution in [-0.4, -0.2) is 28.8 Å². The van der Waals surface area contributed by atoms with Crippen LogP contribution in [0.3, 0.4) is 0 Å². The standard InChI is InChI=1S/C29H28N4O3/c1-17-6-11-25(31-15-17)33-29(35)26-18(2)32-23-13-21(19-7-9-22(36-3)10-8-19)14-24(34)28(23)27(26)20-5-4-12-30-16-20/h4-12,15-16,21,27,32H,13-14H2,1-3H3,(H,31,33,35)/t21-,27-/m0/s1. The Morgan fingerprint density at radius 3 is 2.50 bits per heavy atom. The summed E-state index contributed by atoms with van der Waals surface area (Å²) in [7, 11) is 1.64. The fourth-order valence-corrected chi connectivity index (χ4v) is 5.06. The minimum atomic E-state index is -0.510. The number of ketones is 1. The average Bonchev–Trinajstić information content (AvgIpc) is 2.89. The Hall–Kier alpha value is -4.26. The van der Waals surface area contributed by atoms with Crippen LogP contribution in [0, 0.1) is 6.92 Å². The molecule has 2 N–H and O–H groups in total. The van der Waals surface area contributed by atoms with Gasteiger partial charge in [0.05, 0.1) is 7.11 Å². The largest absolute Gasteiger partial charge is 0.497 e. The first kappa shape index (κ1) is 23.5. The molecule has 0 radical (unpaired) electrons. The Labute approximate surface area is 210 Å². The van der Waals surface area contributed by atoms with E-state index in [1.54, 1.807) is 31.8 Å². The number of carbonyl (C=O) groups excluding carboxylic acids is 2. The molecule has 36 heavy (non-hydrogen) atoms. The fraction of sp³-hybridized carbons (Fsp3) is 0.241. The second-order valence-corrected chi connectivity index (χ2v) is 9.25. The molecule has 0 fully saturated rings. The highest BCUT2D eigenvalue weighted by atomic mass is 16.5. The van der Waals surface area contributed by atoms with E-state index < -0.39 is 5.92 Å². The van der Waals surface area contributed by atoms with Crippen molar-refractivity contribution >= 4 is 17.5 Å². The Morgan fingerprint density at radius 2 is 1.83 bits per heavy atom. The number of pyridine rings is 2. The summed E-state index contributed by atoms with van der Waals surface area (Å²) >= 11 is 0. The predicted octanol–water partition coefficient (Wildman–Crippen LogP) is 4.79. The van der Waals surface area contributed by atoms with E-state index >= 15 is 0 Å². The minimum Gasteiger partial charge on any atom is -0.497 e. The molecule has 0 bridgehead atoms. The van der Waals surface area contributed by atoms with E-state index in [9.17, 15) is 9.59 Å². The van der Waals surface area contributed by atoms with Gasteiger partial charge in [-0.05, 0) is 67.1 Å². The molecule has 7 nitrogen and oxygen atoms in total. The molecule has 1 amide bonds. The highest BCUT2D eigenvalue weighted by Crippen LogP contribution is 2.45. The monoisotopic (exact) mass is 480 g/mol. The Kier molecular flexibility index (Phi) is 6.38. The number of benzene rings is 1. The van der Waals surface area contributed by atoms with Gasteiger partial charge in [0.25, 0.3) is 5.91 Å². The number of dihydropyridines is 1. The number of rotatable bonds is 5. The van der Waals surface area contributed by atoms with Gasteiger partial charge in [0, 0.05) is 53.5 Å². The second kappa shape index (κ2) is 9.77. The number of nitrogens with zero attached hydrogens (tertiary/aromatic N) is 2. The van der Waals surface area contributed by atoms with Crippen LogP contribution in [0.1, 0.15) is 48.3 Å². The van der Waals surface area contributed by atoms with Crippen molar-refractivity contribution in [3.8, 4) is 5.75 Å². The molecule has 3 aromatic rings. The number of carbonyl (C=O) groups is 2. The molecule has 2 atom stereocenters. The molecule has 2 aliphatic rings. The van der Waals surface area contributed by atoms with E-state index in [0.717, 1.165) is 33.8 Å². The predicted molar refractivity (Wildman–Crippen MR) is 137 cm³/mol. The third kappa shape index (κ3) is 4.52. The molecule has 0 unspecified atom stereocenters. The average molecular weight is 481 g/mol. The molecule has 3 heterocycles. The molecule has 1 aliphatic carbocycles. The molecule has 1 aliphatic heterocycles. The van der Waals surface area contributed by atoms with Crippen molar-refractivity contribution in [1.82, 2.24) is 15.3 Å². The van der Waals surface area contributed by atoms with Crippen molar-refractivity contribution in [1.29, 1.82) is 0 Å². The van der Waals surface area contributed by atoms with Crippen molar-refractivity contribution in [2.24, 2.45) is 0 Å². The van der Waals surface area contributed by atoms with Gasteiger partial charge < -0.3 is 15.4 Å². The number of nitrogens with one attached hydrogen (secondary N) is 2. The molecular formula is C29H28N4O3. The first-order valence-corrected chi connectivity index (χ1v) is 12.0. The topological polar surface area (TPSA) is 93.2 Å². The van der Waals surface area contributed by atoms with Gasteiger partial charge in [0.2, 0.25) is 0 Å². The van der Waals surface area contributed by atoms with Crippen LogP contribution in [0.15, 0.2) is 89.7 Å². The number of methoxy groups -OCH3 is 1. The molecule has 1 aromatic carbocycles. The number of Topliss-reactive ketones (excluding diaryl/α,β-unsaturated/α-hetero) is 1. The summed E-state index contributed by atoms with van der Waals surface area (Å²) in [6.07, 6.45) is 6.18. The Morgan fingerprint density at radius 1 is 1.03 bits per heavy atom. The summed E-state index contributed by atoms with van der Waals surface area (Å²) in [5.74, 6) is 0.524. The smallest absolute Gasteiger partial charge is 0.255 e. The molecule has 7 heteroatoms. The number of aromatic nitrogens is 2. The van der Waals surface area contributed by atoms with Crippen molar-refractivity contribution in [2.75, 3.05) is 12.4 Å². The van der Waals surface area contributed by atoms with Crippen LogP contribution in [0.2, 0.25) is 0 Å². The maximum atomic E-state index is 13.7. The highest BCUT2D eigenvalue weighted by Gasteiger charge is 2.41. The van der Waals surface area contributed by atoms with Crippen LogP contribution in [0.25, 0.3) is 0 Å². The van der Waals surface area contributed by atoms with E-state index in [1.165, 1.54) is 0 Å². The van der Waals surface area contributed by atoms with Crippen LogP contribution >= 0.6 is 0 Å². The number of ether oxygens (including phenoxy) is 1. The molecule has 2 aromatic heterocycles. The second-order valence-electron chi connectivity index (χ2n) is 9.25. The molecule has 0 saturated heterocycles. The fourth-order valence-electron chi connectivity index (χ4n) is 5.06. The van der Waals surface area contributed by atoms with E-state index in [2.05, 4.69) is 20.6 Å². The number of allylic oxidation sites excluding steroid dienone is 3. The van der Waals surface area contributed by atoms with Gasteiger partial charge in [0.1, 0.15) is 11.6 Å². The van der Waals surface area contributed by atoms with Gasteiger partial charge in [-0.25, -0.2) is 4.98 Å². The first-order chi connectivity index (χ1) is 17.4. The molecular weight excluding hydrogens is 452 g/mol. The number of aryl methyl sites for hydroxylation is 1. The lowest BCUT2D eigenvalue weighted by Gasteiger charge is -2.37. The maximum Gasteiger partial charge on any atom is 0.255 e. The van der Waals surface area contributed by atoms with E-state index in [0.29, 0.717) is 29.8 Å². The zero-order valence-electron chi connectivity index (χ0n) is 20.5. The van der Waals surface area contributed by atoms with Gasteiger partial charge in [-0.15, -0.1) is 0 Å². The third-order valence-electron chi connectivity index (χ3n) is 6.83. The summed E-state index contributed by atoms with van der Waals surface area (Å²) in [5, 5.41) is 6.32. The molecule has 182 valence electrons. The molecule has 0 saturated carbocycles. The van der Waals surface area contributed by atoms with Crippen LogP contribution < -0.4 is 15.4 Å². The quantitative estimate of drug-likeness (QED) is 0.545. The SMILES string of the molecule is COc1ccc([C@@H]2CC(=O)C3=C(C2)NC(C)=C(C(=O)Nc2ccc(C)cn2)[C@@H]3c2cccnc2)cc1. The lowest BCUT2D eigenvalue weighted by molar-refractivity contribution is -0.116. The van der Waals surface area contributed by atoms with Crippen LogP contribution in [-0.2, 0) is 9.59 Å². The first-order valence-electron chi connectivity index (χ1n) is 12.0. The maximum absolute atomic E-state index is 13.7. The van der Waals surface area contributed by atoms with Gasteiger partial charge in [-0.3, -0.25) is 14.6 Å². The van der Waals surface area contributed by atoms with Gasteiger partial charge >= 0.3 is 0 Å². The lowest BCUT2D eigenvalue weighted by atomic mass is 9.72. The van der Waals surface area contributed by atoms with Crippen molar-refractivity contribution in [3.05, 3.63) is 106 Å². The summed E-state index contributed by atoms with van der Waals surface area (Å²) in [4.78, 5) is 35.8. The Bertz CT molecular complexity index is 1360. The van der Waals surface area contributed by atoms with Crippen molar-refractivity contribution in [2.45, 2.75) is 38.5 Å². The van der Waals surface area contributed by atoms with Gasteiger partial charge in [-0.2, -0.15) is 0 Å². The Balaban J connectivity index is 1.51. The summed E-state index contributed by atoms with van der Waals surface area (Å²) in [6, 6.07) is 15.3. The third-order valence-corrected chi connectivity index (χ3v) is 6.83. The number of hydrogen-bond acceptors (Lipinski definition) is 6. The van der Waals surface area contributed by atoms with Gasteiger partial charge in [0.15, 0.2) is 5.78 Å². The lowest BCUT2D eigenvalue weighted by Crippen LogP contribution is -2.37. The summed E-state index contributed by atoms with van der Waals surface area (Å²) in [5.41, 5.74) is 5.62. The van der Waals surface area contributed by atoms with Crippen LogP contribution in [0.4, 0.5) is 5.82 Å². The number of hydrogen-bond donors (Lipinski definition) is 2. The summed E-state index contributed by atoms with van der Waals surface area (Å²) in [6.45, 7) is 3.82. The summed E-state index contributed by atoms with van der Waals surface area (Å²) < 4.78 is 5.28. The van der Waals surface area contributed by atoms with Crippen LogP contribution in [0.5, 0.6) is 5.75 Å². The van der Waals surface area contributed by atoms with Crippen molar-refractivity contribution in [3.63, 3.8) is 0 Å². The van der Waals surface area contributed by atoms with Crippen molar-refractivity contribution < 1.29 is 14.3 Å². The normalized spacial score (nSPS) is 19.5. The van der Waals surface area contributed by atoms with E-state index in [-0.39, 0.29) is 17.6 Å². The number of anilines is 1. The molecule has 5 rings (SSSR count). The van der Waals surface area contributed by atoms with E-state index in [4.69, 9.17) is 4.74 Å².